The van der Waals surface area contributed by atoms with Gasteiger partial charge in [-0.3, -0.25) is 0 Å². The van der Waals surface area contributed by atoms with Crippen LogP contribution in [-0.2, 0) is 25.7 Å². The predicted molar refractivity (Wildman–Crippen MR) is 93.1 cm³/mol. The van der Waals surface area contributed by atoms with Gasteiger partial charge in [0.1, 0.15) is 17.6 Å². The maximum absolute atomic E-state index is 12.8. The summed E-state index contributed by atoms with van der Waals surface area (Å²) in [6, 6.07) is 7.62. The van der Waals surface area contributed by atoms with Crippen molar-refractivity contribution >= 4 is 0 Å². The Hall–Kier alpha value is -2.53. The van der Waals surface area contributed by atoms with E-state index in [0.717, 1.165) is 24.7 Å². The van der Waals surface area contributed by atoms with Crippen LogP contribution < -0.4 is 4.74 Å². The highest BCUT2D eigenvalue weighted by Gasteiger charge is 2.35. The van der Waals surface area contributed by atoms with Crippen molar-refractivity contribution in [1.29, 1.82) is 5.26 Å². The number of alkyl halides is 3. The molecule has 0 saturated carbocycles. The van der Waals surface area contributed by atoms with E-state index in [-0.39, 0.29) is 5.92 Å². The third-order valence-corrected chi connectivity index (χ3v) is 4.79. The lowest BCUT2D eigenvalue weighted by atomic mass is 9.98. The molecule has 1 aliphatic rings. The third-order valence-electron chi connectivity index (χ3n) is 4.79. The molecule has 1 unspecified atom stereocenters. The Morgan fingerprint density at radius 2 is 2.19 bits per heavy atom. The molecule has 0 aliphatic carbocycles. The fraction of sp³-hybridized carbons (Fsp3) is 0.474. The number of imidazole rings is 1. The monoisotopic (exact) mass is 378 g/mol. The van der Waals surface area contributed by atoms with Gasteiger partial charge in [-0.2, -0.15) is 18.4 Å². The number of methoxy groups -OCH3 is 1. The number of aromatic nitrogens is 2. The first-order valence-electron chi connectivity index (χ1n) is 8.69. The predicted octanol–water partition coefficient (Wildman–Crippen LogP) is 3.48. The number of rotatable bonds is 5. The van der Waals surface area contributed by atoms with Gasteiger partial charge < -0.3 is 14.2 Å². The Labute approximate surface area is 156 Å². The molecule has 27 heavy (non-hydrogen) atoms. The topological polar surface area (TPSA) is 54.1 Å². The van der Waals surface area contributed by atoms with Crippen LogP contribution in [0.3, 0.4) is 0 Å². The van der Waals surface area contributed by atoms with Crippen molar-refractivity contribution < 1.29 is 17.9 Å². The molecule has 5 nitrogen and oxygen atoms in total. The summed E-state index contributed by atoms with van der Waals surface area (Å²) in [7, 11) is 3.50. The zero-order valence-electron chi connectivity index (χ0n) is 15.3. The molecular formula is C19H21F3N4O. The molecule has 0 fully saturated rings. The Morgan fingerprint density at radius 3 is 2.85 bits per heavy atom. The minimum Gasteiger partial charge on any atom is -0.495 e. The second kappa shape index (κ2) is 7.61. The Kier molecular flexibility index (Phi) is 5.42. The number of hydrogen-bond acceptors (Lipinski definition) is 4. The molecule has 1 aliphatic heterocycles. The first-order chi connectivity index (χ1) is 12.8. The Morgan fingerprint density at radius 1 is 1.41 bits per heavy atom. The van der Waals surface area contributed by atoms with Crippen LogP contribution in [0.25, 0.3) is 0 Å². The van der Waals surface area contributed by atoms with Crippen molar-refractivity contribution in [3.8, 4) is 11.8 Å². The van der Waals surface area contributed by atoms with Crippen molar-refractivity contribution in [3.05, 3.63) is 47.0 Å². The maximum Gasteiger partial charge on any atom is 0.434 e. The maximum atomic E-state index is 12.8. The number of fused-ring (bicyclic) bond motifs is 1. The van der Waals surface area contributed by atoms with Gasteiger partial charge in [-0.15, -0.1) is 0 Å². The highest BCUT2D eigenvalue weighted by Crippen LogP contribution is 2.31. The van der Waals surface area contributed by atoms with Gasteiger partial charge in [-0.25, -0.2) is 4.98 Å². The average Bonchev–Trinajstić information content (AvgIpc) is 3.05. The van der Waals surface area contributed by atoms with E-state index in [1.54, 1.807) is 16.7 Å². The molecule has 3 rings (SSSR count). The smallest absolute Gasteiger partial charge is 0.434 e. The summed E-state index contributed by atoms with van der Waals surface area (Å²) in [5, 5.41) is 9.19. The molecule has 0 saturated heterocycles. The second-order valence-corrected chi connectivity index (χ2v) is 6.94. The number of halogens is 3. The summed E-state index contributed by atoms with van der Waals surface area (Å²) in [5.74, 6) is 1.31. The molecule has 0 bridgehead atoms. The van der Waals surface area contributed by atoms with Gasteiger partial charge in [0.25, 0.3) is 0 Å². The fourth-order valence-electron chi connectivity index (χ4n) is 3.56. The van der Waals surface area contributed by atoms with Crippen molar-refractivity contribution in [2.45, 2.75) is 32.1 Å². The minimum atomic E-state index is -4.40. The summed E-state index contributed by atoms with van der Waals surface area (Å²) in [6.45, 7) is 1.95. The number of ether oxygens (including phenoxy) is 1. The molecule has 1 atom stereocenters. The van der Waals surface area contributed by atoms with Gasteiger partial charge in [0.15, 0.2) is 5.69 Å². The molecule has 0 amide bonds. The number of nitriles is 1. The minimum absolute atomic E-state index is 0.256. The fourth-order valence-corrected chi connectivity index (χ4v) is 3.56. The zero-order valence-corrected chi connectivity index (χ0v) is 15.3. The number of aryl methyl sites for hydroxylation is 1. The first-order valence-corrected chi connectivity index (χ1v) is 8.69. The Bertz CT molecular complexity index is 854. The van der Waals surface area contributed by atoms with Crippen LogP contribution in [-0.4, -0.2) is 35.2 Å². The average molecular weight is 378 g/mol. The molecule has 144 valence electrons. The lowest BCUT2D eigenvalue weighted by Gasteiger charge is -2.28. The van der Waals surface area contributed by atoms with E-state index >= 15 is 0 Å². The molecule has 8 heteroatoms. The second-order valence-electron chi connectivity index (χ2n) is 6.94. The summed E-state index contributed by atoms with van der Waals surface area (Å²) in [4.78, 5) is 5.85. The van der Waals surface area contributed by atoms with Gasteiger partial charge in [0.05, 0.1) is 12.7 Å². The number of benzene rings is 1. The van der Waals surface area contributed by atoms with E-state index in [2.05, 4.69) is 16.0 Å². The van der Waals surface area contributed by atoms with Crippen LogP contribution in [0.5, 0.6) is 5.75 Å². The van der Waals surface area contributed by atoms with Gasteiger partial charge in [0.2, 0.25) is 0 Å². The van der Waals surface area contributed by atoms with Crippen LogP contribution in [0.1, 0.15) is 29.1 Å². The van der Waals surface area contributed by atoms with Crippen molar-refractivity contribution in [2.75, 3.05) is 20.7 Å². The van der Waals surface area contributed by atoms with Crippen LogP contribution in [0, 0.1) is 17.2 Å². The molecule has 0 N–H and O–H groups in total. The SMILES string of the molecule is COc1ccc(CN(C)CC2CCc3nc(C(F)(F)F)cn3C2)cc1C#N. The lowest BCUT2D eigenvalue weighted by molar-refractivity contribution is -0.141. The normalized spacial score (nSPS) is 16.9. The van der Waals surface area contributed by atoms with Crippen molar-refractivity contribution in [3.63, 3.8) is 0 Å². The molecule has 2 heterocycles. The largest absolute Gasteiger partial charge is 0.495 e. The van der Waals surface area contributed by atoms with E-state index < -0.39 is 11.9 Å². The van der Waals surface area contributed by atoms with Gasteiger partial charge >= 0.3 is 6.18 Å². The van der Waals surface area contributed by atoms with E-state index in [9.17, 15) is 18.4 Å². The lowest BCUT2D eigenvalue weighted by Crippen LogP contribution is -2.31. The number of nitrogens with zero attached hydrogens (tertiary/aromatic N) is 4. The van der Waals surface area contributed by atoms with E-state index in [1.807, 2.05) is 13.1 Å². The molecular weight excluding hydrogens is 357 g/mol. The van der Waals surface area contributed by atoms with Gasteiger partial charge in [-0.05, 0) is 37.1 Å². The van der Waals surface area contributed by atoms with Crippen molar-refractivity contribution in [1.82, 2.24) is 14.5 Å². The summed E-state index contributed by atoms with van der Waals surface area (Å²) in [5.41, 5.74) is 0.672. The molecule has 1 aromatic heterocycles. The summed E-state index contributed by atoms with van der Waals surface area (Å²) < 4.78 is 45.3. The van der Waals surface area contributed by atoms with E-state index in [4.69, 9.17) is 4.74 Å². The van der Waals surface area contributed by atoms with Gasteiger partial charge in [0, 0.05) is 32.3 Å². The van der Waals surface area contributed by atoms with Crippen LogP contribution in [0.15, 0.2) is 24.4 Å². The Balaban J connectivity index is 1.61. The van der Waals surface area contributed by atoms with Gasteiger partial charge in [-0.1, -0.05) is 6.07 Å². The summed E-state index contributed by atoms with van der Waals surface area (Å²) in [6.07, 6.45) is -1.92. The molecule has 0 spiro atoms. The van der Waals surface area contributed by atoms with Crippen LogP contribution in [0.4, 0.5) is 13.2 Å². The van der Waals surface area contributed by atoms with E-state index in [0.29, 0.717) is 36.6 Å². The highest BCUT2D eigenvalue weighted by atomic mass is 19.4. The first kappa shape index (κ1) is 19.2. The number of hydrogen-bond donors (Lipinski definition) is 0. The quantitative estimate of drug-likeness (QED) is 0.799. The molecule has 1 aromatic carbocycles. The highest BCUT2D eigenvalue weighted by molar-refractivity contribution is 5.45. The van der Waals surface area contributed by atoms with Crippen LogP contribution >= 0.6 is 0 Å². The van der Waals surface area contributed by atoms with Crippen LogP contribution in [0.2, 0.25) is 0 Å². The molecule has 2 aromatic rings. The standard InChI is InChI=1S/C19H21F3N4O/c1-25(9-13-3-5-16(27-2)15(7-13)8-23)10-14-4-6-18-24-17(19(20,21)22)12-26(18)11-14/h3,5,7,12,14H,4,6,9-11H2,1-2H3. The molecule has 0 radical (unpaired) electrons. The van der Waals surface area contributed by atoms with E-state index in [1.165, 1.54) is 7.11 Å². The van der Waals surface area contributed by atoms with Crippen molar-refractivity contribution in [2.24, 2.45) is 5.92 Å². The zero-order chi connectivity index (χ0) is 19.6. The third kappa shape index (κ3) is 4.42. The summed E-state index contributed by atoms with van der Waals surface area (Å²) >= 11 is 0.